The van der Waals surface area contributed by atoms with Gasteiger partial charge in [-0.2, -0.15) is 0 Å². The Labute approximate surface area is 177 Å². The number of phenolic OH excluding ortho intramolecular Hbond substituents is 1. The van der Waals surface area contributed by atoms with E-state index in [0.717, 1.165) is 5.56 Å². The summed E-state index contributed by atoms with van der Waals surface area (Å²) in [6, 6.07) is 10.3. The van der Waals surface area contributed by atoms with Gasteiger partial charge in [0, 0.05) is 28.3 Å². The summed E-state index contributed by atoms with van der Waals surface area (Å²) in [7, 11) is 0. The zero-order chi connectivity index (χ0) is 20.9. The number of ketones is 1. The summed E-state index contributed by atoms with van der Waals surface area (Å²) in [4.78, 5) is 26.1. The molecule has 0 aromatic heterocycles. The molecular formula is C22H17Cl2NO4. The number of carbonyl (C=O) groups excluding carboxylic acids is 2. The van der Waals surface area contributed by atoms with Crippen molar-refractivity contribution in [3.8, 4) is 5.75 Å². The molecule has 2 N–H and O–H groups in total. The first-order valence-corrected chi connectivity index (χ1v) is 9.81. The van der Waals surface area contributed by atoms with Gasteiger partial charge in [0.05, 0.1) is 27.9 Å². The molecule has 1 heterocycles. The maximum Gasteiger partial charge on any atom is 0.336 e. The Bertz CT molecular complexity index is 1110. The van der Waals surface area contributed by atoms with Crippen molar-refractivity contribution < 1.29 is 19.4 Å². The normalized spacial score (nSPS) is 17.8. The number of phenols is 1. The van der Waals surface area contributed by atoms with Crippen LogP contribution >= 0.6 is 23.2 Å². The van der Waals surface area contributed by atoms with E-state index in [1.165, 1.54) is 12.1 Å². The quantitative estimate of drug-likeness (QED) is 0.683. The molecule has 148 valence electrons. The second-order valence-electron chi connectivity index (χ2n) is 6.81. The summed E-state index contributed by atoms with van der Waals surface area (Å²) in [5.74, 6) is -1.69. The first-order valence-electron chi connectivity index (χ1n) is 9.06. The molecule has 29 heavy (non-hydrogen) atoms. The van der Waals surface area contributed by atoms with Crippen molar-refractivity contribution in [2.75, 3.05) is 6.61 Å². The molecule has 0 radical (unpaired) electrons. The monoisotopic (exact) mass is 429 g/mol. The van der Waals surface area contributed by atoms with Crippen molar-refractivity contribution in [2.24, 2.45) is 0 Å². The molecule has 0 bridgehead atoms. The highest BCUT2D eigenvalue weighted by Gasteiger charge is 2.43. The molecule has 0 unspecified atom stereocenters. The van der Waals surface area contributed by atoms with Crippen molar-refractivity contribution in [1.29, 1.82) is 0 Å². The van der Waals surface area contributed by atoms with E-state index in [1.54, 1.807) is 26.0 Å². The Morgan fingerprint density at radius 3 is 2.41 bits per heavy atom. The van der Waals surface area contributed by atoms with Crippen molar-refractivity contribution in [3.63, 3.8) is 0 Å². The number of allylic oxidation sites excluding steroid dienone is 2. The third-order valence-corrected chi connectivity index (χ3v) is 5.69. The van der Waals surface area contributed by atoms with Crippen LogP contribution in [0.4, 0.5) is 0 Å². The minimum absolute atomic E-state index is 0.0389. The molecule has 0 saturated heterocycles. The van der Waals surface area contributed by atoms with Crippen LogP contribution in [0.5, 0.6) is 5.75 Å². The Kier molecular flexibility index (Phi) is 4.89. The van der Waals surface area contributed by atoms with Crippen molar-refractivity contribution >= 4 is 40.7 Å². The fourth-order valence-corrected chi connectivity index (χ4v) is 4.40. The van der Waals surface area contributed by atoms with Gasteiger partial charge in [-0.1, -0.05) is 47.5 Å². The number of hydrogen-bond donors (Lipinski definition) is 2. The predicted octanol–water partition coefficient (Wildman–Crippen LogP) is 4.83. The Hall–Kier alpha value is -2.76. The smallest absolute Gasteiger partial charge is 0.336 e. The zero-order valence-electron chi connectivity index (χ0n) is 15.7. The van der Waals surface area contributed by atoms with Gasteiger partial charge in [0.25, 0.3) is 0 Å². The van der Waals surface area contributed by atoms with E-state index in [9.17, 15) is 14.7 Å². The van der Waals surface area contributed by atoms with Crippen LogP contribution in [0.2, 0.25) is 10.0 Å². The molecular weight excluding hydrogens is 413 g/mol. The molecule has 1 atom stereocenters. The van der Waals surface area contributed by atoms with Gasteiger partial charge in [-0.25, -0.2) is 4.79 Å². The van der Waals surface area contributed by atoms with E-state index < -0.39 is 11.9 Å². The Balaban J connectivity index is 1.97. The highest BCUT2D eigenvalue weighted by molar-refractivity contribution is 6.37. The molecule has 0 amide bonds. The van der Waals surface area contributed by atoms with Crippen LogP contribution in [-0.2, 0) is 9.53 Å². The number of carbonyl (C=O) groups is 2. The number of dihydropyridines is 1. The number of nitrogens with one attached hydrogen (secondary N) is 1. The third kappa shape index (κ3) is 3.02. The minimum atomic E-state index is -0.735. The van der Waals surface area contributed by atoms with Gasteiger partial charge in [-0.15, -0.1) is 0 Å². The summed E-state index contributed by atoms with van der Waals surface area (Å²) in [6.07, 6.45) is 0. The average molecular weight is 430 g/mol. The van der Waals surface area contributed by atoms with Gasteiger partial charge in [0.1, 0.15) is 0 Å². The second-order valence-corrected chi connectivity index (χ2v) is 7.63. The SMILES string of the molecule is CCOC(=O)C1=C(C)NC2=C(C(=O)c3ccccc32)[C@@H]1c1cc(Cl)c(O)c(Cl)c1. The molecule has 2 aliphatic rings. The van der Waals surface area contributed by atoms with Gasteiger partial charge in [0.2, 0.25) is 0 Å². The second kappa shape index (κ2) is 7.25. The van der Waals surface area contributed by atoms with Crippen LogP contribution in [0.15, 0.2) is 53.2 Å². The number of ether oxygens (including phenoxy) is 1. The third-order valence-electron chi connectivity index (χ3n) is 5.12. The summed E-state index contributed by atoms with van der Waals surface area (Å²) < 4.78 is 5.26. The summed E-state index contributed by atoms with van der Waals surface area (Å²) in [5.41, 5.74) is 3.83. The van der Waals surface area contributed by atoms with Crippen LogP contribution in [-0.4, -0.2) is 23.5 Å². The average Bonchev–Trinajstić information content (AvgIpc) is 2.97. The van der Waals surface area contributed by atoms with E-state index >= 15 is 0 Å². The maximum atomic E-state index is 13.3. The lowest BCUT2D eigenvalue weighted by Crippen LogP contribution is -2.29. The van der Waals surface area contributed by atoms with E-state index in [4.69, 9.17) is 27.9 Å². The van der Waals surface area contributed by atoms with E-state index in [-0.39, 0.29) is 28.2 Å². The molecule has 5 nitrogen and oxygen atoms in total. The van der Waals surface area contributed by atoms with Crippen LogP contribution < -0.4 is 5.32 Å². The Morgan fingerprint density at radius 1 is 1.17 bits per heavy atom. The van der Waals surface area contributed by atoms with E-state index in [2.05, 4.69) is 5.32 Å². The predicted molar refractivity (Wildman–Crippen MR) is 111 cm³/mol. The summed E-state index contributed by atoms with van der Waals surface area (Å²) in [5, 5.41) is 13.3. The molecule has 2 aromatic rings. The van der Waals surface area contributed by atoms with Crippen LogP contribution in [0.1, 0.15) is 41.3 Å². The fourth-order valence-electron chi connectivity index (χ4n) is 3.89. The van der Waals surface area contributed by atoms with Gasteiger partial charge in [-0.05, 0) is 31.5 Å². The van der Waals surface area contributed by atoms with Gasteiger partial charge >= 0.3 is 5.97 Å². The lowest BCUT2D eigenvalue weighted by Gasteiger charge is -2.29. The lowest BCUT2D eigenvalue weighted by molar-refractivity contribution is -0.138. The zero-order valence-corrected chi connectivity index (χ0v) is 17.2. The number of rotatable bonds is 3. The molecule has 7 heteroatoms. The number of hydrogen-bond acceptors (Lipinski definition) is 5. The molecule has 2 aromatic carbocycles. The molecule has 0 fully saturated rings. The first-order chi connectivity index (χ1) is 13.8. The lowest BCUT2D eigenvalue weighted by atomic mass is 9.80. The topological polar surface area (TPSA) is 75.6 Å². The maximum absolute atomic E-state index is 13.3. The molecule has 0 spiro atoms. The van der Waals surface area contributed by atoms with Crippen LogP contribution in [0.3, 0.4) is 0 Å². The largest absolute Gasteiger partial charge is 0.505 e. The first kappa shape index (κ1) is 19.6. The van der Waals surface area contributed by atoms with Gasteiger partial charge in [0.15, 0.2) is 11.5 Å². The number of aromatic hydroxyl groups is 1. The summed E-state index contributed by atoms with van der Waals surface area (Å²) >= 11 is 12.3. The molecule has 4 rings (SSSR count). The molecule has 0 saturated carbocycles. The van der Waals surface area contributed by atoms with Gasteiger partial charge < -0.3 is 15.2 Å². The van der Waals surface area contributed by atoms with Crippen molar-refractivity contribution in [1.82, 2.24) is 5.32 Å². The highest BCUT2D eigenvalue weighted by Crippen LogP contribution is 2.48. The summed E-state index contributed by atoms with van der Waals surface area (Å²) in [6.45, 7) is 3.67. The van der Waals surface area contributed by atoms with Crippen molar-refractivity contribution in [3.05, 3.63) is 80.0 Å². The van der Waals surface area contributed by atoms with E-state index in [0.29, 0.717) is 33.7 Å². The number of benzene rings is 2. The fraction of sp³-hybridized carbons (Fsp3) is 0.182. The Morgan fingerprint density at radius 2 is 1.79 bits per heavy atom. The number of Topliss-reactive ketones (excluding diaryl/α,β-unsaturated/α-hetero) is 1. The van der Waals surface area contributed by atoms with Crippen LogP contribution in [0, 0.1) is 0 Å². The number of fused-ring (bicyclic) bond motifs is 2. The minimum Gasteiger partial charge on any atom is -0.505 e. The standard InChI is InChI=1S/C22H17Cl2NO4/c1-3-29-22(28)16-10(2)25-19-12-6-4-5-7-13(12)20(26)18(19)17(16)11-8-14(23)21(27)15(24)9-11/h4-9,17,25,27H,3H2,1-2H3/t17-/m1/s1. The molecule has 1 aliphatic heterocycles. The van der Waals surface area contributed by atoms with Gasteiger partial charge in [-0.3, -0.25) is 4.79 Å². The molecule has 1 aliphatic carbocycles. The number of esters is 1. The number of halogens is 2. The van der Waals surface area contributed by atoms with E-state index in [1.807, 2.05) is 12.1 Å². The highest BCUT2D eigenvalue weighted by atomic mass is 35.5. The van der Waals surface area contributed by atoms with Crippen molar-refractivity contribution in [2.45, 2.75) is 19.8 Å². The van der Waals surface area contributed by atoms with Crippen LogP contribution in [0.25, 0.3) is 5.70 Å².